The molecule has 0 aromatic carbocycles. The number of rotatable bonds is 8. The molecule has 0 aromatic heterocycles. The normalized spacial score (nSPS) is 28.2. The summed E-state index contributed by atoms with van der Waals surface area (Å²) in [6, 6.07) is 0. The largest absolute Gasteiger partial charge is 0.465 e. The van der Waals surface area contributed by atoms with Crippen molar-refractivity contribution in [2.45, 2.75) is 18.5 Å². The van der Waals surface area contributed by atoms with Gasteiger partial charge in [0.15, 0.2) is 0 Å². The van der Waals surface area contributed by atoms with Gasteiger partial charge in [0.1, 0.15) is 5.16 Å². The number of carbonyl (C=O) groups excluding carboxylic acids is 1. The third-order valence-corrected chi connectivity index (χ3v) is 3.56. The summed E-state index contributed by atoms with van der Waals surface area (Å²) in [5, 5.41) is 7.25. The van der Waals surface area contributed by atoms with Crippen LogP contribution in [0.2, 0.25) is 0 Å². The van der Waals surface area contributed by atoms with Crippen LogP contribution in [-0.4, -0.2) is 17.7 Å². The van der Waals surface area contributed by atoms with E-state index < -0.39 is 5.16 Å². The van der Waals surface area contributed by atoms with Gasteiger partial charge in [0.05, 0.1) is 15.4 Å². The number of carbonyl (C=O) groups is 1. The standard InChI is InChI=1S/C8H14NO6P/c1-3-6-5-8(6,7(10)11-4-2)16-15-14-13-12-9/h3,6,16H,1,4-5,9H2,2H3. The highest BCUT2D eigenvalue weighted by molar-refractivity contribution is 7.36. The molecule has 1 aliphatic carbocycles. The highest BCUT2D eigenvalue weighted by Gasteiger charge is 2.61. The maximum atomic E-state index is 11.7. The van der Waals surface area contributed by atoms with Crippen LogP contribution in [0.3, 0.4) is 0 Å². The molecular weight excluding hydrogens is 237 g/mol. The molecule has 3 unspecified atom stereocenters. The Morgan fingerprint density at radius 1 is 1.69 bits per heavy atom. The van der Waals surface area contributed by atoms with Crippen molar-refractivity contribution < 1.29 is 29.3 Å². The molecule has 1 aliphatic rings. The smallest absolute Gasteiger partial charge is 0.319 e. The molecule has 0 heterocycles. The van der Waals surface area contributed by atoms with Gasteiger partial charge in [0.2, 0.25) is 0 Å². The van der Waals surface area contributed by atoms with Crippen molar-refractivity contribution in [3.05, 3.63) is 12.7 Å². The van der Waals surface area contributed by atoms with Gasteiger partial charge >= 0.3 is 5.97 Å². The topological polar surface area (TPSA) is 89.2 Å². The average molecular weight is 251 g/mol. The van der Waals surface area contributed by atoms with Gasteiger partial charge in [-0.3, -0.25) is 4.79 Å². The third-order valence-electron chi connectivity index (χ3n) is 2.26. The summed E-state index contributed by atoms with van der Waals surface area (Å²) in [6.07, 6.45) is 2.31. The number of esters is 1. The molecule has 16 heavy (non-hydrogen) atoms. The van der Waals surface area contributed by atoms with Crippen molar-refractivity contribution in [1.29, 1.82) is 0 Å². The van der Waals surface area contributed by atoms with Crippen molar-refractivity contribution in [2.24, 2.45) is 11.8 Å². The first kappa shape index (κ1) is 13.5. The molecule has 1 rings (SSSR count). The minimum Gasteiger partial charge on any atom is -0.465 e. The highest BCUT2D eigenvalue weighted by atomic mass is 31.1. The fourth-order valence-corrected chi connectivity index (χ4v) is 2.29. The van der Waals surface area contributed by atoms with Crippen LogP contribution in [0.4, 0.5) is 0 Å². The van der Waals surface area contributed by atoms with Crippen LogP contribution in [0.25, 0.3) is 0 Å². The second-order valence-corrected chi connectivity index (χ2v) is 4.42. The highest BCUT2D eigenvalue weighted by Crippen LogP contribution is 2.59. The second-order valence-electron chi connectivity index (χ2n) is 3.16. The molecule has 8 heteroatoms. The molecule has 0 bridgehead atoms. The van der Waals surface area contributed by atoms with E-state index in [1.54, 1.807) is 13.0 Å². The molecule has 7 nitrogen and oxygen atoms in total. The predicted octanol–water partition coefficient (Wildman–Crippen LogP) is 0.773. The number of hydrogen-bond acceptors (Lipinski definition) is 7. The maximum absolute atomic E-state index is 11.7. The first-order valence-corrected chi connectivity index (χ1v) is 5.54. The fraction of sp³-hybridized carbons (Fsp3) is 0.625. The van der Waals surface area contributed by atoms with Gasteiger partial charge < -0.3 is 4.74 Å². The van der Waals surface area contributed by atoms with Gasteiger partial charge in [-0.25, -0.2) is 0 Å². The molecule has 2 N–H and O–H groups in total. The Labute approximate surface area is 94.4 Å². The molecule has 1 saturated carbocycles. The summed E-state index contributed by atoms with van der Waals surface area (Å²) in [5.41, 5.74) is 0. The number of hydrogen-bond donors (Lipinski definition) is 1. The Kier molecular flexibility index (Phi) is 5.27. The minimum atomic E-state index is -0.699. The molecule has 1 fully saturated rings. The summed E-state index contributed by atoms with van der Waals surface area (Å²) >= 11 is 0. The van der Waals surface area contributed by atoms with Gasteiger partial charge in [-0.1, -0.05) is 6.08 Å². The lowest BCUT2D eigenvalue weighted by molar-refractivity contribution is -0.609. The second kappa shape index (κ2) is 6.24. The number of allylic oxidation sites excluding steroid dienone is 1. The van der Waals surface area contributed by atoms with Crippen LogP contribution < -0.4 is 5.90 Å². The van der Waals surface area contributed by atoms with E-state index in [0.29, 0.717) is 13.0 Å². The monoisotopic (exact) mass is 251 g/mol. The van der Waals surface area contributed by atoms with Crippen molar-refractivity contribution in [3.63, 3.8) is 0 Å². The number of ether oxygens (including phenoxy) is 1. The lowest BCUT2D eigenvalue weighted by Gasteiger charge is -2.12. The van der Waals surface area contributed by atoms with Gasteiger partial charge in [-0.05, 0) is 23.4 Å². The molecule has 92 valence electrons. The quantitative estimate of drug-likeness (QED) is 0.170. The first-order valence-electron chi connectivity index (χ1n) is 4.64. The van der Waals surface area contributed by atoms with E-state index in [1.807, 2.05) is 0 Å². The Hall–Kier alpha value is -0.560. The van der Waals surface area contributed by atoms with Gasteiger partial charge in [-0.15, -0.1) is 11.6 Å². The number of nitrogens with two attached hydrogens (primary N) is 1. The Morgan fingerprint density at radius 3 is 2.94 bits per heavy atom. The zero-order chi connectivity index (χ0) is 12.0. The van der Waals surface area contributed by atoms with Crippen LogP contribution in [0, 0.1) is 5.92 Å². The summed E-state index contributed by atoms with van der Waals surface area (Å²) < 4.78 is 9.60. The predicted molar refractivity (Wildman–Crippen MR) is 54.5 cm³/mol. The zero-order valence-corrected chi connectivity index (χ0v) is 9.80. The van der Waals surface area contributed by atoms with E-state index in [9.17, 15) is 4.79 Å². The van der Waals surface area contributed by atoms with Crippen molar-refractivity contribution in [2.75, 3.05) is 6.61 Å². The van der Waals surface area contributed by atoms with Crippen molar-refractivity contribution >= 4 is 14.8 Å². The lowest BCUT2D eigenvalue weighted by Crippen LogP contribution is -2.23. The van der Waals surface area contributed by atoms with E-state index in [-0.39, 0.29) is 20.7 Å². The average Bonchev–Trinajstić information content (AvgIpc) is 3.00. The summed E-state index contributed by atoms with van der Waals surface area (Å²) in [7, 11) is -0.271. The van der Waals surface area contributed by atoms with Crippen LogP contribution in [0.5, 0.6) is 0 Å². The van der Waals surface area contributed by atoms with E-state index in [4.69, 9.17) is 4.74 Å². The molecule has 0 aliphatic heterocycles. The molecule has 0 amide bonds. The van der Waals surface area contributed by atoms with Crippen LogP contribution in [-0.2, 0) is 29.3 Å². The molecule has 0 radical (unpaired) electrons. The van der Waals surface area contributed by atoms with E-state index in [2.05, 4.69) is 32.2 Å². The molecule has 0 spiro atoms. The van der Waals surface area contributed by atoms with Crippen molar-refractivity contribution in [1.82, 2.24) is 0 Å². The van der Waals surface area contributed by atoms with E-state index >= 15 is 0 Å². The van der Waals surface area contributed by atoms with Crippen LogP contribution in [0.1, 0.15) is 13.3 Å². The van der Waals surface area contributed by atoms with E-state index in [0.717, 1.165) is 0 Å². The Bertz CT molecular complexity index is 263. The maximum Gasteiger partial charge on any atom is 0.319 e. The van der Waals surface area contributed by atoms with Gasteiger partial charge in [0, 0.05) is 5.92 Å². The molecule has 0 aromatic rings. The summed E-state index contributed by atoms with van der Waals surface area (Å²) in [5.74, 6) is 4.23. The molecular formula is C8H14NO6P. The van der Waals surface area contributed by atoms with E-state index in [1.165, 1.54) is 0 Å². The van der Waals surface area contributed by atoms with Gasteiger partial charge in [0.25, 0.3) is 0 Å². The van der Waals surface area contributed by atoms with Crippen LogP contribution >= 0.6 is 8.81 Å². The first-order chi connectivity index (χ1) is 7.71. The summed E-state index contributed by atoms with van der Waals surface area (Å²) in [4.78, 5) is 15.3. The zero-order valence-electron chi connectivity index (χ0n) is 8.80. The van der Waals surface area contributed by atoms with Gasteiger partial charge in [-0.2, -0.15) is 10.6 Å². The fourth-order valence-electron chi connectivity index (χ4n) is 1.35. The minimum absolute atomic E-state index is 0.0345. The summed E-state index contributed by atoms with van der Waals surface area (Å²) in [6.45, 7) is 5.69. The lowest BCUT2D eigenvalue weighted by atomic mass is 10.3. The third kappa shape index (κ3) is 2.98. The molecule has 0 saturated heterocycles. The van der Waals surface area contributed by atoms with Crippen LogP contribution in [0.15, 0.2) is 12.7 Å². The Morgan fingerprint density at radius 2 is 2.44 bits per heavy atom. The molecule has 3 atom stereocenters. The SMILES string of the molecule is C=CC1CC1(POOOON)C(=O)OCC. The Balaban J connectivity index is 2.42. The van der Waals surface area contributed by atoms with Crippen molar-refractivity contribution in [3.8, 4) is 0 Å².